The maximum atomic E-state index is 14.7. The number of amides is 5. The number of aryl methyl sites for hydroxylation is 1. The third-order valence-corrected chi connectivity index (χ3v) is 14.3. The van der Waals surface area contributed by atoms with E-state index < -0.39 is 62.1 Å². The van der Waals surface area contributed by atoms with Gasteiger partial charge in [0.05, 0.1) is 30.0 Å². The van der Waals surface area contributed by atoms with Gasteiger partial charge >= 0.3 is 6.03 Å². The van der Waals surface area contributed by atoms with E-state index in [1.54, 1.807) is 25.0 Å². The van der Waals surface area contributed by atoms with E-state index in [1.165, 1.54) is 4.90 Å². The number of benzene rings is 1. The van der Waals surface area contributed by atoms with Gasteiger partial charge < -0.3 is 34.6 Å². The van der Waals surface area contributed by atoms with Gasteiger partial charge in [0.1, 0.15) is 35.2 Å². The second-order valence-electron chi connectivity index (χ2n) is 16.8. The number of allylic oxidation sites excluding steroid dienone is 1. The van der Waals surface area contributed by atoms with Crippen molar-refractivity contribution in [3.8, 4) is 17.4 Å². The number of carbonyl (C=O) groups excluding carboxylic acids is 4. The van der Waals surface area contributed by atoms with Crippen LogP contribution in [0.2, 0.25) is 0 Å². The second-order valence-corrected chi connectivity index (χ2v) is 19.0. The van der Waals surface area contributed by atoms with Crippen molar-refractivity contribution in [3.63, 3.8) is 0 Å². The molecular formula is C41H56N6O9S. The van der Waals surface area contributed by atoms with Crippen molar-refractivity contribution in [1.82, 2.24) is 30.1 Å². The van der Waals surface area contributed by atoms with Crippen LogP contribution in [0, 0.1) is 12.8 Å². The zero-order valence-corrected chi connectivity index (χ0v) is 34.4. The molecule has 1 aromatic heterocycles. The predicted molar refractivity (Wildman–Crippen MR) is 212 cm³/mol. The number of sulfonamides is 1. The minimum absolute atomic E-state index is 0.0155. The van der Waals surface area contributed by atoms with Gasteiger partial charge in [-0.15, -0.1) is 0 Å². The number of nitrogens with one attached hydrogen (secondary N) is 3. The molecule has 2 saturated heterocycles. The summed E-state index contributed by atoms with van der Waals surface area (Å²) >= 11 is 0. The lowest BCUT2D eigenvalue weighted by molar-refractivity contribution is -0.141. The first-order valence-electron chi connectivity index (χ1n) is 20.4. The van der Waals surface area contributed by atoms with Crippen molar-refractivity contribution < 1.29 is 41.8 Å². The highest BCUT2D eigenvalue weighted by molar-refractivity contribution is 7.91. The Morgan fingerprint density at radius 1 is 1.05 bits per heavy atom. The van der Waals surface area contributed by atoms with E-state index in [9.17, 15) is 27.6 Å². The average molecular weight is 809 g/mol. The number of fused-ring (bicyclic) bond motifs is 3. The highest BCUT2D eigenvalue weighted by Gasteiger charge is 2.63. The maximum absolute atomic E-state index is 14.7. The molecule has 57 heavy (non-hydrogen) atoms. The van der Waals surface area contributed by atoms with Gasteiger partial charge in [0.15, 0.2) is 0 Å². The Kier molecular flexibility index (Phi) is 11.4. The van der Waals surface area contributed by atoms with Crippen LogP contribution in [0.3, 0.4) is 0 Å². The van der Waals surface area contributed by atoms with Crippen LogP contribution in [0.1, 0.15) is 97.0 Å². The molecule has 4 heterocycles. The Balaban J connectivity index is 1.22. The molecule has 3 N–H and O–H groups in total. The second kappa shape index (κ2) is 16.0. The van der Waals surface area contributed by atoms with Gasteiger partial charge in [-0.05, 0) is 91.2 Å². The average Bonchev–Trinajstić information content (AvgIpc) is 3.91. The quantitative estimate of drug-likeness (QED) is 0.310. The van der Waals surface area contributed by atoms with Crippen LogP contribution in [0.25, 0.3) is 10.9 Å². The van der Waals surface area contributed by atoms with Gasteiger partial charge in [-0.2, -0.15) is 0 Å². The molecule has 2 aromatic rings. The summed E-state index contributed by atoms with van der Waals surface area (Å²) in [7, 11) is -2.40. The number of carbonyl (C=O) groups is 4. The summed E-state index contributed by atoms with van der Waals surface area (Å²) in [5, 5.41) is 6.61. The first-order chi connectivity index (χ1) is 27.1. The molecule has 2 aliphatic carbocycles. The Morgan fingerprint density at radius 2 is 1.81 bits per heavy atom. The van der Waals surface area contributed by atoms with E-state index in [0.717, 1.165) is 31.2 Å². The topological polar surface area (TPSA) is 186 Å². The number of methoxy groups -OCH3 is 1. The number of urea groups is 1. The van der Waals surface area contributed by atoms with Gasteiger partial charge in [-0.3, -0.25) is 19.1 Å². The van der Waals surface area contributed by atoms with E-state index in [1.807, 2.05) is 45.1 Å². The molecule has 0 radical (unpaired) electrons. The molecule has 310 valence electrons. The van der Waals surface area contributed by atoms with Crippen molar-refractivity contribution in [2.24, 2.45) is 5.92 Å². The molecule has 5 amide bonds. The van der Waals surface area contributed by atoms with Gasteiger partial charge in [0, 0.05) is 42.4 Å². The SMILES string of the molecule is COc1ccc2c(O[C@@H]3C[C@H]4C(=O)N[C@]5(C(=O)NS(=O)(=O)C6(C)CC6)C[C@H]5C=CCCCCC[C@H](NC(=O)N5CCCC5)C(=O)N4C3)cc(OC(C)C)nc2c1C. The van der Waals surface area contributed by atoms with E-state index >= 15 is 0 Å². The molecular weight excluding hydrogens is 753 g/mol. The summed E-state index contributed by atoms with van der Waals surface area (Å²) in [6.07, 6.45) is 9.33. The molecule has 4 fully saturated rings. The number of hydrogen-bond donors (Lipinski definition) is 3. The Hall–Kier alpha value is -4.60. The van der Waals surface area contributed by atoms with Crippen LogP contribution >= 0.6 is 0 Å². The first kappa shape index (κ1) is 40.6. The predicted octanol–water partition coefficient (Wildman–Crippen LogP) is 4.26. The summed E-state index contributed by atoms with van der Waals surface area (Å²) in [6, 6.07) is 3.07. The molecule has 7 rings (SSSR count). The van der Waals surface area contributed by atoms with Crippen molar-refractivity contribution >= 4 is 44.7 Å². The number of nitrogens with zero attached hydrogens (tertiary/aromatic N) is 3. The van der Waals surface area contributed by atoms with Gasteiger partial charge in [0.2, 0.25) is 27.7 Å². The fourth-order valence-corrected chi connectivity index (χ4v) is 9.58. The van der Waals surface area contributed by atoms with Crippen LogP contribution < -0.4 is 29.6 Å². The molecule has 16 heteroatoms. The number of aromatic nitrogens is 1. The number of hydrogen-bond acceptors (Lipinski definition) is 10. The summed E-state index contributed by atoms with van der Waals surface area (Å²) in [5.41, 5.74) is -0.109. The van der Waals surface area contributed by atoms with Gasteiger partial charge in [0.25, 0.3) is 5.91 Å². The summed E-state index contributed by atoms with van der Waals surface area (Å²) < 4.78 is 46.0. The minimum Gasteiger partial charge on any atom is -0.496 e. The van der Waals surface area contributed by atoms with E-state index in [0.29, 0.717) is 73.5 Å². The number of pyridine rings is 1. The maximum Gasteiger partial charge on any atom is 0.318 e. The standard InChI is InChI=1S/C41H56N6O9S/c1-25(2)55-34-22-33(29-15-16-32(54-5)26(3)35(29)43-34)56-28-21-31-36(48)44-41(38(50)45-57(52,53)40(4)17-18-40)23-27(41)13-9-7-6-8-10-14-30(37(49)47(31)24-28)42-39(51)46-19-11-12-20-46/h9,13,15-16,22,25,27-28,30-31H,6-8,10-12,14,17-21,23-24H2,1-5H3,(H,42,51)(H,44,48)(H,45,50)/t27-,28-,30+,31+,41-/m1/s1. The van der Waals surface area contributed by atoms with Crippen molar-refractivity contribution in [2.75, 3.05) is 26.7 Å². The van der Waals surface area contributed by atoms with Crippen molar-refractivity contribution in [3.05, 3.63) is 35.9 Å². The largest absolute Gasteiger partial charge is 0.496 e. The molecule has 15 nitrogen and oxygen atoms in total. The number of likely N-dealkylation sites (tertiary alicyclic amines) is 1. The number of rotatable bonds is 9. The fourth-order valence-electron chi connectivity index (χ4n) is 8.26. The zero-order chi connectivity index (χ0) is 40.7. The smallest absolute Gasteiger partial charge is 0.318 e. The zero-order valence-electron chi connectivity index (χ0n) is 33.6. The third kappa shape index (κ3) is 8.37. The summed E-state index contributed by atoms with van der Waals surface area (Å²) in [5.74, 6) is -0.798. The molecule has 0 unspecified atom stereocenters. The van der Waals surface area contributed by atoms with Crippen molar-refractivity contribution in [1.29, 1.82) is 0 Å². The van der Waals surface area contributed by atoms with E-state index in [2.05, 4.69) is 15.4 Å². The molecule has 2 saturated carbocycles. The lowest BCUT2D eigenvalue weighted by Gasteiger charge is -2.30. The van der Waals surface area contributed by atoms with Crippen LogP contribution in [-0.2, 0) is 24.4 Å². The Bertz CT molecular complexity index is 2050. The van der Waals surface area contributed by atoms with Crippen molar-refractivity contribution in [2.45, 2.75) is 133 Å². The lowest BCUT2D eigenvalue weighted by atomic mass is 10.0. The summed E-state index contributed by atoms with van der Waals surface area (Å²) in [4.78, 5) is 64.6. The monoisotopic (exact) mass is 808 g/mol. The number of ether oxygens (including phenoxy) is 3. The molecule has 0 spiro atoms. The fraction of sp³-hybridized carbons (Fsp3) is 0.634. The molecule has 5 atom stereocenters. The van der Waals surface area contributed by atoms with Crippen LogP contribution in [0.4, 0.5) is 4.79 Å². The van der Waals surface area contributed by atoms with E-state index in [4.69, 9.17) is 19.2 Å². The molecule has 3 aliphatic heterocycles. The Labute approximate surface area is 334 Å². The molecule has 0 bridgehead atoms. The lowest BCUT2D eigenvalue weighted by Crippen LogP contribution is -2.59. The Morgan fingerprint density at radius 3 is 2.51 bits per heavy atom. The first-order valence-corrected chi connectivity index (χ1v) is 21.9. The normalized spacial score (nSPS) is 27.5. The van der Waals surface area contributed by atoms with Crippen LogP contribution in [0.15, 0.2) is 30.4 Å². The van der Waals surface area contributed by atoms with Crippen LogP contribution in [0.5, 0.6) is 17.4 Å². The minimum atomic E-state index is -3.99. The highest BCUT2D eigenvalue weighted by atomic mass is 32.2. The summed E-state index contributed by atoms with van der Waals surface area (Å²) in [6.45, 7) is 8.52. The van der Waals surface area contributed by atoms with Gasteiger partial charge in [-0.25, -0.2) is 18.2 Å². The third-order valence-electron chi connectivity index (χ3n) is 12.2. The van der Waals surface area contributed by atoms with E-state index in [-0.39, 0.29) is 31.5 Å². The molecule has 5 aliphatic rings. The molecule has 1 aromatic carbocycles. The highest BCUT2D eigenvalue weighted by Crippen LogP contribution is 2.47. The van der Waals surface area contributed by atoms with Gasteiger partial charge in [-0.1, -0.05) is 25.0 Å². The van der Waals surface area contributed by atoms with Crippen LogP contribution in [-0.4, -0.2) is 108 Å².